The Morgan fingerprint density at radius 2 is 2.47 bits per heavy atom. The van der Waals surface area contributed by atoms with Gasteiger partial charge in [-0.2, -0.15) is 0 Å². The second-order valence-corrected chi connectivity index (χ2v) is 3.67. The largest absolute Gasteiger partial charge is 0.467 e. The number of carbonyl (C=O) groups excluding carboxylic acids is 1. The van der Waals surface area contributed by atoms with Crippen molar-refractivity contribution in [3.05, 3.63) is 35.8 Å². The van der Waals surface area contributed by atoms with Gasteiger partial charge in [0, 0.05) is 6.42 Å². The van der Waals surface area contributed by atoms with Gasteiger partial charge in [0.2, 0.25) is 5.82 Å². The molecule has 0 aromatic carbocycles. The summed E-state index contributed by atoms with van der Waals surface area (Å²) in [6.45, 7) is 3.78. The van der Waals surface area contributed by atoms with Crippen LogP contribution in [-0.4, -0.2) is 21.1 Å². The summed E-state index contributed by atoms with van der Waals surface area (Å²) in [7, 11) is 0. The van der Waals surface area contributed by atoms with Crippen molar-refractivity contribution in [3.63, 3.8) is 0 Å². The van der Waals surface area contributed by atoms with Gasteiger partial charge in [-0.1, -0.05) is 6.92 Å². The van der Waals surface area contributed by atoms with Crippen LogP contribution in [0.1, 0.15) is 42.1 Å². The number of nitrogens with one attached hydrogen (secondary N) is 2. The van der Waals surface area contributed by atoms with Crippen LogP contribution in [0, 0.1) is 0 Å². The molecule has 0 bridgehead atoms. The Morgan fingerprint density at radius 3 is 3.06 bits per heavy atom. The summed E-state index contributed by atoms with van der Waals surface area (Å²) in [6.07, 6.45) is 2.29. The highest BCUT2D eigenvalue weighted by Crippen LogP contribution is 2.12. The normalized spacial score (nSPS) is 12.4. The molecule has 6 heteroatoms. The van der Waals surface area contributed by atoms with Crippen molar-refractivity contribution in [2.75, 3.05) is 0 Å². The quantitative estimate of drug-likeness (QED) is 0.838. The van der Waals surface area contributed by atoms with Crippen molar-refractivity contribution >= 4 is 5.91 Å². The molecule has 2 heterocycles. The van der Waals surface area contributed by atoms with E-state index in [9.17, 15) is 4.79 Å². The molecule has 2 aromatic rings. The SMILES string of the molecule is CCc1nc(C(=O)NC(C)c2ccco2)n[nH]1. The maximum absolute atomic E-state index is 11.8. The Morgan fingerprint density at radius 1 is 1.65 bits per heavy atom. The third-order valence-corrected chi connectivity index (χ3v) is 2.39. The van der Waals surface area contributed by atoms with Crippen molar-refractivity contribution in [2.24, 2.45) is 0 Å². The number of hydrogen-bond donors (Lipinski definition) is 2. The van der Waals surface area contributed by atoms with Gasteiger partial charge in [0.1, 0.15) is 11.6 Å². The first-order valence-corrected chi connectivity index (χ1v) is 5.46. The lowest BCUT2D eigenvalue weighted by molar-refractivity contribution is 0.0925. The highest BCUT2D eigenvalue weighted by atomic mass is 16.3. The second kappa shape index (κ2) is 4.82. The average molecular weight is 234 g/mol. The predicted octanol–water partition coefficient (Wildman–Crippen LogP) is 1.45. The third-order valence-electron chi connectivity index (χ3n) is 2.39. The summed E-state index contributed by atoms with van der Waals surface area (Å²) in [5.41, 5.74) is 0. The molecule has 2 rings (SSSR count). The molecule has 0 saturated carbocycles. The van der Waals surface area contributed by atoms with E-state index in [-0.39, 0.29) is 17.8 Å². The molecule has 17 heavy (non-hydrogen) atoms. The van der Waals surface area contributed by atoms with E-state index in [4.69, 9.17) is 4.42 Å². The minimum absolute atomic E-state index is 0.153. The van der Waals surface area contributed by atoms with Gasteiger partial charge in [-0.3, -0.25) is 9.89 Å². The summed E-state index contributed by atoms with van der Waals surface area (Å²) < 4.78 is 5.20. The van der Waals surface area contributed by atoms with Gasteiger partial charge in [-0.05, 0) is 19.1 Å². The molecule has 0 fully saturated rings. The lowest BCUT2D eigenvalue weighted by atomic mass is 10.2. The topological polar surface area (TPSA) is 83.8 Å². The standard InChI is InChI=1S/C11H14N4O2/c1-3-9-13-10(15-14-9)11(16)12-7(2)8-5-4-6-17-8/h4-7H,3H2,1-2H3,(H,12,16)(H,13,14,15). The van der Waals surface area contributed by atoms with Crippen molar-refractivity contribution in [2.45, 2.75) is 26.3 Å². The van der Waals surface area contributed by atoms with Crippen molar-refractivity contribution in [1.29, 1.82) is 0 Å². The van der Waals surface area contributed by atoms with E-state index >= 15 is 0 Å². The molecule has 0 saturated heterocycles. The molecule has 2 aromatic heterocycles. The molecule has 6 nitrogen and oxygen atoms in total. The van der Waals surface area contributed by atoms with Crippen LogP contribution in [0.4, 0.5) is 0 Å². The van der Waals surface area contributed by atoms with Gasteiger partial charge in [-0.15, -0.1) is 5.10 Å². The summed E-state index contributed by atoms with van der Waals surface area (Å²) in [5.74, 6) is 1.23. The van der Waals surface area contributed by atoms with Crippen LogP contribution in [0.3, 0.4) is 0 Å². The van der Waals surface area contributed by atoms with Crippen LogP contribution in [0.15, 0.2) is 22.8 Å². The van der Waals surface area contributed by atoms with Crippen LogP contribution in [0.25, 0.3) is 0 Å². The van der Waals surface area contributed by atoms with E-state index in [0.29, 0.717) is 18.0 Å². The Labute approximate surface area is 98.4 Å². The molecule has 1 atom stereocenters. The van der Waals surface area contributed by atoms with Gasteiger partial charge in [0.15, 0.2) is 0 Å². The first-order chi connectivity index (χ1) is 8.20. The van der Waals surface area contributed by atoms with Crippen LogP contribution < -0.4 is 5.32 Å². The molecule has 1 unspecified atom stereocenters. The fourth-order valence-electron chi connectivity index (χ4n) is 1.42. The molecule has 2 N–H and O–H groups in total. The average Bonchev–Trinajstić information content (AvgIpc) is 3.00. The number of carbonyl (C=O) groups is 1. The number of rotatable bonds is 4. The van der Waals surface area contributed by atoms with Crippen molar-refractivity contribution in [1.82, 2.24) is 20.5 Å². The number of aromatic nitrogens is 3. The molecule has 0 aliphatic carbocycles. The second-order valence-electron chi connectivity index (χ2n) is 3.67. The lowest BCUT2D eigenvalue weighted by Crippen LogP contribution is -2.27. The summed E-state index contributed by atoms with van der Waals surface area (Å²) in [4.78, 5) is 15.8. The zero-order valence-corrected chi connectivity index (χ0v) is 9.73. The third kappa shape index (κ3) is 2.52. The Kier molecular flexibility index (Phi) is 3.22. The molecular weight excluding hydrogens is 220 g/mol. The van der Waals surface area contributed by atoms with Crippen LogP contribution >= 0.6 is 0 Å². The predicted molar refractivity (Wildman–Crippen MR) is 60.3 cm³/mol. The van der Waals surface area contributed by atoms with E-state index in [1.807, 2.05) is 13.8 Å². The van der Waals surface area contributed by atoms with E-state index < -0.39 is 0 Å². The van der Waals surface area contributed by atoms with Gasteiger partial charge in [0.25, 0.3) is 5.91 Å². The van der Waals surface area contributed by atoms with E-state index in [2.05, 4.69) is 20.5 Å². The highest BCUT2D eigenvalue weighted by molar-refractivity contribution is 5.90. The first kappa shape index (κ1) is 11.4. The minimum Gasteiger partial charge on any atom is -0.467 e. The number of nitrogens with zero attached hydrogens (tertiary/aromatic N) is 2. The minimum atomic E-state index is -0.315. The molecular formula is C11H14N4O2. The number of aromatic amines is 1. The molecule has 0 aliphatic rings. The summed E-state index contributed by atoms with van der Waals surface area (Å²) in [6, 6.07) is 3.38. The molecule has 0 spiro atoms. The smallest absolute Gasteiger partial charge is 0.291 e. The molecule has 1 amide bonds. The fraction of sp³-hybridized carbons (Fsp3) is 0.364. The number of amides is 1. The van der Waals surface area contributed by atoms with Crippen molar-refractivity contribution in [3.8, 4) is 0 Å². The zero-order chi connectivity index (χ0) is 12.3. The summed E-state index contributed by atoms with van der Waals surface area (Å²) >= 11 is 0. The van der Waals surface area contributed by atoms with Gasteiger partial charge >= 0.3 is 0 Å². The van der Waals surface area contributed by atoms with Gasteiger partial charge < -0.3 is 9.73 Å². The van der Waals surface area contributed by atoms with E-state index in [1.54, 1.807) is 18.4 Å². The van der Waals surface area contributed by atoms with Gasteiger partial charge in [0.05, 0.1) is 12.3 Å². The highest BCUT2D eigenvalue weighted by Gasteiger charge is 2.16. The number of furan rings is 1. The Bertz CT molecular complexity index is 489. The van der Waals surface area contributed by atoms with Crippen LogP contribution in [-0.2, 0) is 6.42 Å². The Hall–Kier alpha value is -2.11. The maximum Gasteiger partial charge on any atom is 0.291 e. The first-order valence-electron chi connectivity index (χ1n) is 5.46. The van der Waals surface area contributed by atoms with Crippen LogP contribution in [0.5, 0.6) is 0 Å². The van der Waals surface area contributed by atoms with E-state index in [1.165, 1.54) is 0 Å². The number of aryl methyl sites for hydroxylation is 1. The van der Waals surface area contributed by atoms with E-state index in [0.717, 1.165) is 0 Å². The number of hydrogen-bond acceptors (Lipinski definition) is 4. The lowest BCUT2D eigenvalue weighted by Gasteiger charge is -2.08. The van der Waals surface area contributed by atoms with Gasteiger partial charge in [-0.25, -0.2) is 4.98 Å². The molecule has 0 aliphatic heterocycles. The van der Waals surface area contributed by atoms with Crippen molar-refractivity contribution < 1.29 is 9.21 Å². The Balaban J connectivity index is 2.01. The summed E-state index contributed by atoms with van der Waals surface area (Å²) in [5, 5.41) is 9.30. The zero-order valence-electron chi connectivity index (χ0n) is 9.73. The molecule has 0 radical (unpaired) electrons. The fourth-order valence-corrected chi connectivity index (χ4v) is 1.42. The maximum atomic E-state index is 11.8. The monoisotopic (exact) mass is 234 g/mol. The number of H-pyrrole nitrogens is 1. The van der Waals surface area contributed by atoms with Crippen LogP contribution in [0.2, 0.25) is 0 Å². The molecule has 90 valence electrons.